The largest absolute Gasteiger partial charge is 0.468 e. The molecule has 4 heteroatoms. The van der Waals surface area contributed by atoms with Gasteiger partial charge in [-0.2, -0.15) is 0 Å². The quantitative estimate of drug-likeness (QED) is 0.745. The Balaban J connectivity index is 1.83. The lowest BCUT2D eigenvalue weighted by Gasteiger charge is -2.19. The molecule has 0 radical (unpaired) electrons. The minimum absolute atomic E-state index is 0.503. The van der Waals surface area contributed by atoms with E-state index in [2.05, 4.69) is 30.1 Å². The highest BCUT2D eigenvalue weighted by Crippen LogP contribution is 2.28. The Hall–Kier alpha value is -0.840. The van der Waals surface area contributed by atoms with Crippen LogP contribution in [0.2, 0.25) is 0 Å². The fourth-order valence-electron chi connectivity index (χ4n) is 2.16. The first-order valence-corrected chi connectivity index (χ1v) is 7.21. The smallest absolute Gasteiger partial charge is 0.118 e. The molecule has 1 aliphatic rings. The van der Waals surface area contributed by atoms with Gasteiger partial charge in [0.05, 0.1) is 19.4 Å². The van der Waals surface area contributed by atoms with Crippen LogP contribution in [0.5, 0.6) is 0 Å². The van der Waals surface area contributed by atoms with E-state index in [0.717, 1.165) is 38.0 Å². The van der Waals surface area contributed by atoms with Crippen molar-refractivity contribution >= 4 is 0 Å². The number of hydrogen-bond acceptors (Lipinski definition) is 4. The zero-order valence-electron chi connectivity index (χ0n) is 12.3. The summed E-state index contributed by atoms with van der Waals surface area (Å²) < 4.78 is 10.8. The number of hydrogen-bond donors (Lipinski definition) is 1. The van der Waals surface area contributed by atoms with Gasteiger partial charge < -0.3 is 14.5 Å². The normalized spacial score (nSPS) is 15.6. The Morgan fingerprint density at radius 3 is 2.89 bits per heavy atom. The Bertz CT molecular complexity index is 372. The lowest BCUT2D eigenvalue weighted by molar-refractivity contribution is 0.134. The van der Waals surface area contributed by atoms with Gasteiger partial charge in [-0.1, -0.05) is 13.8 Å². The first-order chi connectivity index (χ1) is 9.19. The number of methoxy groups -OCH3 is 1. The standard InChI is InChI=1S/C15H26N2O2/c1-12(2)16-9-13-8-15(19-11-13)10-17(6-7-18-3)14-4-5-14/h8,11-12,14,16H,4-7,9-10H2,1-3H3. The van der Waals surface area contributed by atoms with E-state index in [9.17, 15) is 0 Å². The van der Waals surface area contributed by atoms with E-state index in [1.54, 1.807) is 7.11 Å². The van der Waals surface area contributed by atoms with Crippen LogP contribution in [0.25, 0.3) is 0 Å². The third-order valence-electron chi connectivity index (χ3n) is 3.43. The molecule has 0 aromatic carbocycles. The molecule has 108 valence electrons. The second-order valence-corrected chi connectivity index (χ2v) is 5.65. The molecule has 0 amide bonds. The van der Waals surface area contributed by atoms with E-state index in [1.165, 1.54) is 18.4 Å². The van der Waals surface area contributed by atoms with Crippen molar-refractivity contribution in [3.05, 3.63) is 23.7 Å². The van der Waals surface area contributed by atoms with Gasteiger partial charge in [-0.15, -0.1) is 0 Å². The molecule has 19 heavy (non-hydrogen) atoms. The van der Waals surface area contributed by atoms with Crippen molar-refractivity contribution < 1.29 is 9.15 Å². The molecule has 1 N–H and O–H groups in total. The minimum Gasteiger partial charge on any atom is -0.468 e. The number of nitrogens with one attached hydrogen (secondary N) is 1. The molecule has 4 nitrogen and oxygen atoms in total. The summed E-state index contributed by atoms with van der Waals surface area (Å²) in [6, 6.07) is 3.40. The number of furan rings is 1. The van der Waals surface area contributed by atoms with Gasteiger partial charge in [0.25, 0.3) is 0 Å². The maximum atomic E-state index is 5.66. The average Bonchev–Trinajstić information content (AvgIpc) is 3.13. The van der Waals surface area contributed by atoms with Crippen molar-refractivity contribution in [2.45, 2.75) is 51.9 Å². The third kappa shape index (κ3) is 4.97. The van der Waals surface area contributed by atoms with Crippen LogP contribution in [0, 0.1) is 0 Å². The SMILES string of the molecule is COCCN(Cc1cc(CNC(C)C)co1)C1CC1. The predicted molar refractivity (Wildman–Crippen MR) is 76.0 cm³/mol. The van der Waals surface area contributed by atoms with Gasteiger partial charge in [-0.25, -0.2) is 0 Å². The molecule has 1 aromatic rings. The highest BCUT2D eigenvalue weighted by molar-refractivity contribution is 5.13. The Morgan fingerprint density at radius 1 is 1.47 bits per heavy atom. The second-order valence-electron chi connectivity index (χ2n) is 5.65. The Labute approximate surface area is 116 Å². The van der Waals surface area contributed by atoms with Crippen LogP contribution in [0.3, 0.4) is 0 Å². The van der Waals surface area contributed by atoms with E-state index in [-0.39, 0.29) is 0 Å². The van der Waals surface area contributed by atoms with Gasteiger partial charge in [-0.3, -0.25) is 4.90 Å². The summed E-state index contributed by atoms with van der Waals surface area (Å²) in [4.78, 5) is 2.46. The summed E-state index contributed by atoms with van der Waals surface area (Å²) in [6.45, 7) is 7.86. The topological polar surface area (TPSA) is 37.6 Å². The molecule has 1 heterocycles. The molecule has 0 atom stereocenters. The van der Waals surface area contributed by atoms with E-state index in [1.807, 2.05) is 6.26 Å². The lowest BCUT2D eigenvalue weighted by Crippen LogP contribution is -2.28. The molecule has 1 aliphatic carbocycles. The van der Waals surface area contributed by atoms with Crippen LogP contribution in [0.4, 0.5) is 0 Å². The van der Waals surface area contributed by atoms with Crippen LogP contribution in [-0.4, -0.2) is 37.2 Å². The molecule has 0 unspecified atom stereocenters. The molecule has 1 fully saturated rings. The van der Waals surface area contributed by atoms with Gasteiger partial charge in [0.15, 0.2) is 0 Å². The predicted octanol–water partition coefficient (Wildman–Crippen LogP) is 2.39. The maximum Gasteiger partial charge on any atom is 0.118 e. The van der Waals surface area contributed by atoms with Gasteiger partial charge >= 0.3 is 0 Å². The third-order valence-corrected chi connectivity index (χ3v) is 3.43. The summed E-state index contributed by atoms with van der Waals surface area (Å²) in [5.41, 5.74) is 1.23. The van der Waals surface area contributed by atoms with Gasteiger partial charge in [0.1, 0.15) is 5.76 Å². The van der Waals surface area contributed by atoms with Gasteiger partial charge in [0, 0.05) is 37.8 Å². The zero-order chi connectivity index (χ0) is 13.7. The first-order valence-electron chi connectivity index (χ1n) is 7.21. The summed E-state index contributed by atoms with van der Waals surface area (Å²) in [6.07, 6.45) is 4.49. The van der Waals surface area contributed by atoms with E-state index < -0.39 is 0 Å². The maximum absolute atomic E-state index is 5.66. The number of ether oxygens (including phenoxy) is 1. The van der Waals surface area contributed by atoms with Crippen LogP contribution < -0.4 is 5.32 Å². The summed E-state index contributed by atoms with van der Waals surface area (Å²) in [5, 5.41) is 3.40. The molecular weight excluding hydrogens is 240 g/mol. The van der Waals surface area contributed by atoms with Gasteiger partial charge in [0.2, 0.25) is 0 Å². The molecule has 0 bridgehead atoms. The van der Waals surface area contributed by atoms with Crippen molar-refractivity contribution in [1.29, 1.82) is 0 Å². The molecule has 0 saturated heterocycles. The highest BCUT2D eigenvalue weighted by atomic mass is 16.5. The van der Waals surface area contributed by atoms with Crippen molar-refractivity contribution in [3.63, 3.8) is 0 Å². The van der Waals surface area contributed by atoms with Crippen LogP contribution in [0.1, 0.15) is 38.0 Å². The Kier molecular flexibility index (Phi) is 5.43. The molecule has 2 rings (SSSR count). The van der Waals surface area contributed by atoms with Crippen LogP contribution >= 0.6 is 0 Å². The summed E-state index contributed by atoms with van der Waals surface area (Å²) in [7, 11) is 1.76. The molecule has 1 saturated carbocycles. The van der Waals surface area contributed by atoms with Crippen molar-refractivity contribution in [2.75, 3.05) is 20.3 Å². The van der Waals surface area contributed by atoms with Crippen molar-refractivity contribution in [3.8, 4) is 0 Å². The van der Waals surface area contributed by atoms with Crippen LogP contribution in [-0.2, 0) is 17.8 Å². The lowest BCUT2D eigenvalue weighted by atomic mass is 10.2. The molecular formula is C15H26N2O2. The fourth-order valence-corrected chi connectivity index (χ4v) is 2.16. The van der Waals surface area contributed by atoms with Crippen molar-refractivity contribution in [2.24, 2.45) is 0 Å². The summed E-state index contributed by atoms with van der Waals surface area (Å²) >= 11 is 0. The molecule has 1 aromatic heterocycles. The Morgan fingerprint density at radius 2 is 2.26 bits per heavy atom. The molecule has 0 spiro atoms. The highest BCUT2D eigenvalue weighted by Gasteiger charge is 2.29. The summed E-state index contributed by atoms with van der Waals surface area (Å²) in [5.74, 6) is 1.06. The van der Waals surface area contributed by atoms with E-state index >= 15 is 0 Å². The zero-order valence-corrected chi connectivity index (χ0v) is 12.3. The fraction of sp³-hybridized carbons (Fsp3) is 0.733. The van der Waals surface area contributed by atoms with Gasteiger partial charge in [-0.05, 0) is 18.9 Å². The van der Waals surface area contributed by atoms with Crippen LogP contribution in [0.15, 0.2) is 16.7 Å². The second kappa shape index (κ2) is 7.08. The van der Waals surface area contributed by atoms with E-state index in [0.29, 0.717) is 6.04 Å². The van der Waals surface area contributed by atoms with Crippen molar-refractivity contribution in [1.82, 2.24) is 10.2 Å². The van der Waals surface area contributed by atoms with E-state index in [4.69, 9.17) is 9.15 Å². The number of rotatable bonds is 9. The minimum atomic E-state index is 0.503. The number of nitrogens with zero attached hydrogens (tertiary/aromatic N) is 1. The average molecular weight is 266 g/mol. The molecule has 0 aliphatic heterocycles. The monoisotopic (exact) mass is 266 g/mol. The first kappa shape index (κ1) is 14.6.